The SMILES string of the molecule is CNC(c1cc(Cl)c(OC)cc1Cl)C1CCCCC1. The molecule has 0 amide bonds. The number of nitrogens with one attached hydrogen (secondary N) is 1. The molecule has 0 saturated heterocycles. The Labute approximate surface area is 125 Å². The standard InChI is InChI=1S/C15H21Cl2NO/c1-18-15(10-6-4-3-5-7-10)11-8-13(17)14(19-2)9-12(11)16/h8-10,15,18H,3-7H2,1-2H3. The highest BCUT2D eigenvalue weighted by Crippen LogP contribution is 2.40. The van der Waals surface area contributed by atoms with E-state index in [4.69, 9.17) is 27.9 Å². The Morgan fingerprint density at radius 1 is 1.16 bits per heavy atom. The van der Waals surface area contributed by atoms with Crippen molar-refractivity contribution in [2.24, 2.45) is 5.92 Å². The first-order valence-electron chi connectivity index (χ1n) is 6.87. The largest absolute Gasteiger partial charge is 0.495 e. The molecule has 2 nitrogen and oxygen atoms in total. The minimum atomic E-state index is 0.274. The van der Waals surface area contributed by atoms with E-state index in [1.807, 2.05) is 19.2 Å². The van der Waals surface area contributed by atoms with Gasteiger partial charge in [-0.2, -0.15) is 0 Å². The topological polar surface area (TPSA) is 21.3 Å². The summed E-state index contributed by atoms with van der Waals surface area (Å²) >= 11 is 12.6. The first kappa shape index (κ1) is 15.0. The number of methoxy groups -OCH3 is 1. The van der Waals surface area contributed by atoms with Crippen LogP contribution in [0, 0.1) is 5.92 Å². The summed E-state index contributed by atoms with van der Waals surface area (Å²) in [5.74, 6) is 1.27. The van der Waals surface area contributed by atoms with E-state index >= 15 is 0 Å². The van der Waals surface area contributed by atoms with Crippen molar-refractivity contribution in [2.45, 2.75) is 38.1 Å². The van der Waals surface area contributed by atoms with Gasteiger partial charge in [0.1, 0.15) is 5.75 Å². The van der Waals surface area contributed by atoms with E-state index in [1.165, 1.54) is 32.1 Å². The van der Waals surface area contributed by atoms with E-state index in [9.17, 15) is 0 Å². The van der Waals surface area contributed by atoms with Gasteiger partial charge in [0.2, 0.25) is 0 Å². The van der Waals surface area contributed by atoms with E-state index < -0.39 is 0 Å². The molecule has 0 aliphatic heterocycles. The number of ether oxygens (including phenoxy) is 1. The van der Waals surface area contributed by atoms with Crippen molar-refractivity contribution in [3.8, 4) is 5.75 Å². The van der Waals surface area contributed by atoms with Crippen LogP contribution in [0.3, 0.4) is 0 Å². The maximum absolute atomic E-state index is 6.39. The van der Waals surface area contributed by atoms with Crippen molar-refractivity contribution >= 4 is 23.2 Å². The molecule has 4 heteroatoms. The molecule has 2 rings (SSSR count). The lowest BCUT2D eigenvalue weighted by Crippen LogP contribution is -2.27. The van der Waals surface area contributed by atoms with Gasteiger partial charge in [-0.25, -0.2) is 0 Å². The van der Waals surface area contributed by atoms with Crippen LogP contribution in [0.4, 0.5) is 0 Å². The van der Waals surface area contributed by atoms with E-state index in [-0.39, 0.29) is 6.04 Å². The van der Waals surface area contributed by atoms with E-state index in [0.717, 1.165) is 10.6 Å². The van der Waals surface area contributed by atoms with Crippen LogP contribution in [0.5, 0.6) is 5.75 Å². The zero-order valence-corrected chi connectivity index (χ0v) is 13.0. The zero-order valence-electron chi connectivity index (χ0n) is 11.5. The van der Waals surface area contributed by atoms with Crippen molar-refractivity contribution in [3.63, 3.8) is 0 Å². The van der Waals surface area contributed by atoms with Gasteiger partial charge in [-0.1, -0.05) is 42.5 Å². The summed E-state index contributed by atoms with van der Waals surface area (Å²) in [6.07, 6.45) is 6.48. The molecule has 1 saturated carbocycles. The fourth-order valence-electron chi connectivity index (χ4n) is 3.05. The highest BCUT2D eigenvalue weighted by atomic mass is 35.5. The molecule has 1 N–H and O–H groups in total. The number of hydrogen-bond acceptors (Lipinski definition) is 2. The molecule has 0 bridgehead atoms. The molecular weight excluding hydrogens is 281 g/mol. The third kappa shape index (κ3) is 3.36. The molecule has 1 aromatic carbocycles. The lowest BCUT2D eigenvalue weighted by molar-refractivity contribution is 0.281. The van der Waals surface area contributed by atoms with Crippen molar-refractivity contribution in [1.82, 2.24) is 5.32 Å². The molecule has 0 radical (unpaired) electrons. The van der Waals surface area contributed by atoms with Crippen molar-refractivity contribution in [2.75, 3.05) is 14.2 Å². The molecule has 0 spiro atoms. The second-order valence-electron chi connectivity index (χ2n) is 5.17. The average molecular weight is 302 g/mol. The normalized spacial score (nSPS) is 18.3. The summed E-state index contributed by atoms with van der Waals surface area (Å²) < 4.78 is 5.20. The molecule has 1 unspecified atom stereocenters. The predicted octanol–water partition coefficient (Wildman–Crippen LogP) is 4.84. The Morgan fingerprint density at radius 2 is 1.84 bits per heavy atom. The number of halogens is 2. The summed E-state index contributed by atoms with van der Waals surface area (Å²) in [4.78, 5) is 0. The molecule has 19 heavy (non-hydrogen) atoms. The summed E-state index contributed by atoms with van der Waals surface area (Å²) in [6.45, 7) is 0. The maximum atomic E-state index is 6.39. The smallest absolute Gasteiger partial charge is 0.138 e. The van der Waals surface area contributed by atoms with Gasteiger partial charge in [-0.05, 0) is 37.4 Å². The van der Waals surface area contributed by atoms with Crippen LogP contribution in [-0.4, -0.2) is 14.2 Å². The molecule has 0 heterocycles. The highest BCUT2D eigenvalue weighted by molar-refractivity contribution is 6.34. The number of hydrogen-bond donors (Lipinski definition) is 1. The van der Waals surface area contributed by atoms with E-state index in [0.29, 0.717) is 16.7 Å². The highest BCUT2D eigenvalue weighted by Gasteiger charge is 2.26. The zero-order chi connectivity index (χ0) is 13.8. The summed E-state index contributed by atoms with van der Waals surface area (Å²) in [5, 5.41) is 4.76. The van der Waals surface area contributed by atoms with Crippen molar-refractivity contribution in [3.05, 3.63) is 27.7 Å². The second kappa shape index (κ2) is 6.83. The predicted molar refractivity (Wildman–Crippen MR) is 81.4 cm³/mol. The second-order valence-corrected chi connectivity index (χ2v) is 5.99. The van der Waals surface area contributed by atoms with Gasteiger partial charge in [0.05, 0.1) is 12.1 Å². The van der Waals surface area contributed by atoms with Crippen LogP contribution in [0.15, 0.2) is 12.1 Å². The Morgan fingerprint density at radius 3 is 2.42 bits per heavy atom. The third-order valence-electron chi connectivity index (χ3n) is 4.04. The minimum Gasteiger partial charge on any atom is -0.495 e. The fourth-order valence-corrected chi connectivity index (χ4v) is 3.57. The van der Waals surface area contributed by atoms with Gasteiger partial charge in [-0.15, -0.1) is 0 Å². The quantitative estimate of drug-likeness (QED) is 0.859. The van der Waals surface area contributed by atoms with Gasteiger partial charge >= 0.3 is 0 Å². The Hall–Kier alpha value is -0.440. The van der Waals surface area contributed by atoms with Crippen LogP contribution in [0.25, 0.3) is 0 Å². The van der Waals surface area contributed by atoms with Gasteiger partial charge in [0, 0.05) is 17.1 Å². The number of benzene rings is 1. The molecule has 0 aromatic heterocycles. The Kier molecular flexibility index (Phi) is 5.37. The number of rotatable bonds is 4. The average Bonchev–Trinajstić information content (AvgIpc) is 2.44. The van der Waals surface area contributed by atoms with E-state index in [2.05, 4.69) is 5.32 Å². The third-order valence-corrected chi connectivity index (χ3v) is 4.66. The lowest BCUT2D eigenvalue weighted by Gasteiger charge is -2.31. The molecule has 1 atom stereocenters. The van der Waals surface area contributed by atoms with Crippen molar-refractivity contribution < 1.29 is 4.74 Å². The summed E-state index contributed by atoms with van der Waals surface area (Å²) in [6, 6.07) is 4.03. The minimum absolute atomic E-state index is 0.274. The molecule has 1 fully saturated rings. The van der Waals surface area contributed by atoms with Crippen LogP contribution in [0.1, 0.15) is 43.7 Å². The summed E-state index contributed by atoms with van der Waals surface area (Å²) in [7, 11) is 3.60. The van der Waals surface area contributed by atoms with Crippen LogP contribution >= 0.6 is 23.2 Å². The molecule has 106 valence electrons. The molecule has 1 aliphatic rings. The lowest BCUT2D eigenvalue weighted by atomic mass is 9.81. The first-order valence-corrected chi connectivity index (χ1v) is 7.63. The van der Waals surface area contributed by atoms with Gasteiger partial charge in [-0.3, -0.25) is 0 Å². The molecule has 1 aromatic rings. The Bertz CT molecular complexity index is 430. The molecular formula is C15H21Cl2NO. The van der Waals surface area contributed by atoms with Crippen LogP contribution in [0.2, 0.25) is 10.0 Å². The fraction of sp³-hybridized carbons (Fsp3) is 0.600. The first-order chi connectivity index (χ1) is 9.17. The van der Waals surface area contributed by atoms with Crippen LogP contribution < -0.4 is 10.1 Å². The van der Waals surface area contributed by atoms with Crippen LogP contribution in [-0.2, 0) is 0 Å². The maximum Gasteiger partial charge on any atom is 0.138 e. The van der Waals surface area contributed by atoms with Gasteiger partial charge in [0.15, 0.2) is 0 Å². The van der Waals surface area contributed by atoms with Crippen molar-refractivity contribution in [1.29, 1.82) is 0 Å². The monoisotopic (exact) mass is 301 g/mol. The van der Waals surface area contributed by atoms with Gasteiger partial charge < -0.3 is 10.1 Å². The Balaban J connectivity index is 2.29. The van der Waals surface area contributed by atoms with E-state index in [1.54, 1.807) is 7.11 Å². The summed E-state index contributed by atoms with van der Waals surface area (Å²) in [5.41, 5.74) is 1.09. The van der Waals surface area contributed by atoms with Gasteiger partial charge in [0.25, 0.3) is 0 Å². The molecule has 1 aliphatic carbocycles.